The standard InChI is InChI=1S/C24H28ClFN6O2.C11H10BrClFN3O/c1-14(2)32-24(34-18-6-7-21(26)20(25)9-18)28-22(30-32)10-19-15-4-5-16(19)13-31(12-15)17-8-23(33-3)29-27-11-17;1-6(2)17-11(15-10(12)16-17)18-7-3-4-9(14)8(13)5-7/h6-9,11,14-16,19H,4-5,10,12-13H2,1-3H3;3-6H,1-2H3/t15-,16+,19?;/i1D3,2D3,14D;1D3,2D3,6D. The molecule has 2 aliphatic rings. The Hall–Kier alpha value is -4.08. The van der Waals surface area contributed by atoms with Crippen molar-refractivity contribution < 1.29 is 42.2 Å². The lowest BCUT2D eigenvalue weighted by atomic mass is 9.82. The van der Waals surface area contributed by atoms with Crippen molar-refractivity contribution in [3.05, 3.63) is 80.9 Å². The van der Waals surface area contributed by atoms with Gasteiger partial charge in [-0.2, -0.15) is 20.2 Å². The van der Waals surface area contributed by atoms with Crippen LogP contribution in [0.1, 0.15) is 77.3 Å². The third-order valence-electron chi connectivity index (χ3n) is 8.44. The lowest BCUT2D eigenvalue weighted by molar-refractivity contribution is 0.265. The van der Waals surface area contributed by atoms with E-state index in [-0.39, 0.29) is 49.9 Å². The average Bonchev–Trinajstić information content (AvgIpc) is 3.85. The first-order chi connectivity index (χ1) is 30.5. The molecule has 0 spiro atoms. The van der Waals surface area contributed by atoms with Gasteiger partial charge in [-0.1, -0.05) is 23.2 Å². The maximum atomic E-state index is 13.7. The van der Waals surface area contributed by atoms with Crippen LogP contribution in [0.4, 0.5) is 14.5 Å². The molecular weight excluding hydrogens is 783 g/mol. The summed E-state index contributed by atoms with van der Waals surface area (Å²) in [5.41, 5.74) is 0.901. The summed E-state index contributed by atoms with van der Waals surface area (Å²) >= 11 is 14.4. The molecule has 2 fully saturated rings. The topological polar surface area (TPSA) is 118 Å². The predicted octanol–water partition coefficient (Wildman–Crippen LogP) is 9.15. The Kier molecular flexibility index (Phi) is 7.38. The highest BCUT2D eigenvalue weighted by atomic mass is 79.9. The van der Waals surface area contributed by atoms with Gasteiger partial charge in [0.05, 0.1) is 43.8 Å². The number of rotatable bonds is 10. The first kappa shape index (κ1) is 23.6. The van der Waals surface area contributed by atoms with E-state index < -0.39 is 63.1 Å². The van der Waals surface area contributed by atoms with Crippen molar-refractivity contribution in [3.63, 3.8) is 0 Å². The van der Waals surface area contributed by atoms with Gasteiger partial charge in [0.25, 0.3) is 0 Å². The molecule has 3 atom stereocenters. The van der Waals surface area contributed by atoms with E-state index >= 15 is 0 Å². The van der Waals surface area contributed by atoms with Crippen molar-refractivity contribution in [1.29, 1.82) is 0 Å². The van der Waals surface area contributed by atoms with Gasteiger partial charge >= 0.3 is 12.0 Å². The number of fused-ring (bicyclic) bond motifs is 2. The number of ether oxygens (including phenoxy) is 3. The fourth-order valence-corrected chi connectivity index (χ4v) is 6.77. The Balaban J connectivity index is 0.000000247. The predicted molar refractivity (Wildman–Crippen MR) is 196 cm³/mol. The third kappa shape index (κ3) is 8.75. The lowest BCUT2D eigenvalue weighted by Crippen LogP contribution is -2.42. The normalized spacial score (nSPS) is 23.4. The van der Waals surface area contributed by atoms with Crippen LogP contribution in [0.15, 0.2) is 53.4 Å². The van der Waals surface area contributed by atoms with Gasteiger partial charge in [0.2, 0.25) is 10.6 Å². The summed E-state index contributed by atoms with van der Waals surface area (Å²) in [5.74, 6) is -0.272. The number of aromatic nitrogens is 8. The smallest absolute Gasteiger partial charge is 0.321 e. The molecule has 7 rings (SSSR count). The van der Waals surface area contributed by atoms with Gasteiger partial charge in [-0.15, -0.1) is 10.2 Å². The number of anilines is 1. The molecule has 17 heteroatoms. The lowest BCUT2D eigenvalue weighted by Gasteiger charge is -2.38. The molecular formula is C35H38BrCl2F2N9O3. The number of piperidine rings is 1. The van der Waals surface area contributed by atoms with Crippen molar-refractivity contribution in [1.82, 2.24) is 39.7 Å². The third-order valence-corrected chi connectivity index (χ3v) is 9.35. The zero-order valence-electron chi connectivity index (χ0n) is 41.0. The van der Waals surface area contributed by atoms with E-state index in [0.717, 1.165) is 55.9 Å². The molecule has 276 valence electrons. The van der Waals surface area contributed by atoms with Crippen molar-refractivity contribution in [3.8, 4) is 29.4 Å². The number of hydrogen-bond donors (Lipinski definition) is 0. The second-order valence-electron chi connectivity index (χ2n) is 11.7. The minimum atomic E-state index is -3.33. The number of hydrogen-bond acceptors (Lipinski definition) is 10. The monoisotopic (exact) mass is 833 g/mol. The first-order valence-corrected chi connectivity index (χ1v) is 17.0. The molecule has 2 bridgehead atoms. The Morgan fingerprint density at radius 1 is 0.885 bits per heavy atom. The van der Waals surface area contributed by atoms with Gasteiger partial charge in [-0.3, -0.25) is 0 Å². The summed E-state index contributed by atoms with van der Waals surface area (Å²) in [6.07, 6.45) is 3.94. The molecule has 2 aromatic carbocycles. The number of nitrogens with zero attached hydrogens (tertiary/aromatic N) is 9. The zero-order chi connectivity index (χ0) is 48.9. The van der Waals surface area contributed by atoms with Crippen molar-refractivity contribution in [2.75, 3.05) is 25.1 Å². The van der Waals surface area contributed by atoms with Crippen LogP contribution in [0.5, 0.6) is 29.4 Å². The minimum absolute atomic E-state index is 0.0233. The van der Waals surface area contributed by atoms with E-state index in [2.05, 4.69) is 51.2 Å². The molecule has 4 heterocycles. The highest BCUT2D eigenvalue weighted by molar-refractivity contribution is 9.10. The van der Waals surface area contributed by atoms with E-state index in [9.17, 15) is 8.78 Å². The maximum Gasteiger partial charge on any atom is 0.321 e. The summed E-state index contributed by atoms with van der Waals surface area (Å²) in [6, 6.07) is 1.03. The van der Waals surface area contributed by atoms with E-state index in [1.807, 2.05) is 6.07 Å². The maximum absolute atomic E-state index is 13.7. The number of halogens is 5. The van der Waals surface area contributed by atoms with Crippen LogP contribution in [0, 0.1) is 29.4 Å². The Bertz CT molecular complexity index is 2510. The molecule has 5 aromatic rings. The zero-order valence-corrected chi connectivity index (χ0v) is 30.1. The molecule has 0 radical (unpaired) electrons. The quantitative estimate of drug-likeness (QED) is 0.135. The van der Waals surface area contributed by atoms with Gasteiger partial charge in [0, 0.05) is 54.2 Å². The van der Waals surface area contributed by atoms with Crippen LogP contribution in [0.25, 0.3) is 0 Å². The summed E-state index contributed by atoms with van der Waals surface area (Å²) in [4.78, 5) is 10.3. The van der Waals surface area contributed by atoms with Crippen LogP contribution in [-0.2, 0) is 6.42 Å². The average molecular weight is 836 g/mol. The highest BCUT2D eigenvalue weighted by Crippen LogP contribution is 2.45. The fraction of sp³-hybridized carbons (Fsp3) is 0.429. The summed E-state index contributed by atoms with van der Waals surface area (Å²) in [5, 5.41) is 15.3. The molecule has 3 aromatic heterocycles. The molecule has 1 aliphatic carbocycles. The van der Waals surface area contributed by atoms with E-state index in [0.29, 0.717) is 21.7 Å². The van der Waals surface area contributed by atoms with Crippen LogP contribution >= 0.6 is 39.1 Å². The van der Waals surface area contributed by atoms with Crippen LogP contribution < -0.4 is 19.1 Å². The van der Waals surface area contributed by atoms with Gasteiger partial charge in [-0.05, 0) is 98.2 Å². The van der Waals surface area contributed by atoms with E-state index in [1.54, 1.807) is 6.20 Å². The summed E-state index contributed by atoms with van der Waals surface area (Å²) < 4.78 is 153. The second kappa shape index (κ2) is 16.3. The molecule has 1 saturated carbocycles. The highest BCUT2D eigenvalue weighted by Gasteiger charge is 2.42. The number of methoxy groups -OCH3 is 1. The van der Waals surface area contributed by atoms with Crippen molar-refractivity contribution >= 4 is 44.8 Å². The van der Waals surface area contributed by atoms with Gasteiger partial charge < -0.3 is 19.1 Å². The van der Waals surface area contributed by atoms with Gasteiger partial charge in [0.1, 0.15) is 23.1 Å². The van der Waals surface area contributed by atoms with Crippen molar-refractivity contribution in [2.45, 2.75) is 58.7 Å². The minimum Gasteiger partial charge on any atom is -0.480 e. The molecule has 12 nitrogen and oxygen atoms in total. The van der Waals surface area contributed by atoms with Crippen molar-refractivity contribution in [2.24, 2.45) is 17.8 Å². The Morgan fingerprint density at radius 2 is 1.46 bits per heavy atom. The molecule has 52 heavy (non-hydrogen) atoms. The molecule has 0 N–H and O–H groups in total. The van der Waals surface area contributed by atoms with E-state index in [1.165, 1.54) is 19.2 Å². The van der Waals surface area contributed by atoms with E-state index in [4.69, 9.17) is 56.6 Å². The molecule has 1 aliphatic heterocycles. The number of benzene rings is 2. The Morgan fingerprint density at radius 3 is 2.02 bits per heavy atom. The van der Waals surface area contributed by atoms with Gasteiger partial charge in [0.15, 0.2) is 5.82 Å². The largest absolute Gasteiger partial charge is 0.480 e. The summed E-state index contributed by atoms with van der Waals surface area (Å²) in [7, 11) is 1.53. The fourth-order valence-electron chi connectivity index (χ4n) is 6.11. The molecule has 1 unspecified atom stereocenters. The molecule has 1 saturated heterocycles. The first-order valence-electron chi connectivity index (χ1n) is 22.5. The Labute approximate surface area is 338 Å². The van der Waals surface area contributed by atoms with Crippen LogP contribution in [0.3, 0.4) is 0 Å². The SMILES string of the molecule is [2H]C([2H])([2H])C([2H])(n1nc(Br)nc1Oc1ccc(F)c(Cl)c1)C([2H])([2H])[2H].[2H]C([2H])([2H])C([2H])(n1nc(CC2[C@@H]3CC[C@H]2CN(c2cnnc(OC)c2)C3)nc1Oc1ccc(F)c(Cl)c1)C([2H])([2H])[2H]. The van der Waals surface area contributed by atoms with Gasteiger partial charge in [-0.25, -0.2) is 18.1 Å². The van der Waals surface area contributed by atoms with Crippen LogP contribution in [-0.4, -0.2) is 59.9 Å². The second-order valence-corrected chi connectivity index (χ2v) is 13.2. The summed E-state index contributed by atoms with van der Waals surface area (Å²) in [6.45, 7) is -11.8. The molecule has 0 amide bonds. The van der Waals surface area contributed by atoms with Crippen LogP contribution in [0.2, 0.25) is 10.0 Å².